The van der Waals surface area contributed by atoms with Crippen molar-refractivity contribution in [3.8, 4) is 6.07 Å². The number of carbonyl (C=O) groups excluding carboxylic acids is 3. The van der Waals surface area contributed by atoms with Crippen LogP contribution in [0.25, 0.3) is 0 Å². The van der Waals surface area contributed by atoms with Gasteiger partial charge in [0.05, 0.1) is 28.4 Å². The van der Waals surface area contributed by atoms with Gasteiger partial charge in [0.15, 0.2) is 11.6 Å². The fourth-order valence-corrected chi connectivity index (χ4v) is 4.95. The highest BCUT2D eigenvalue weighted by Gasteiger charge is 2.73. The molecule has 0 aliphatic carbocycles. The first-order valence-electron chi connectivity index (χ1n) is 12.7. The molecule has 2 amide bonds. The molecule has 3 aromatic carbocycles. The van der Waals surface area contributed by atoms with Crippen LogP contribution in [0.1, 0.15) is 49.4 Å². The molecule has 3 rings (SSSR count). The zero-order valence-electron chi connectivity index (χ0n) is 23.0. The van der Waals surface area contributed by atoms with Crippen LogP contribution in [0.4, 0.5) is 54.0 Å². The number of carbonyl (C=O) groups is 3. The smallest absolute Gasteiger partial charge is 0.370 e. The van der Waals surface area contributed by atoms with Gasteiger partial charge in [-0.05, 0) is 54.1 Å². The number of primary amides is 1. The Bertz CT molecular complexity index is 1730. The Balaban J connectivity index is 2.13. The fraction of sp³-hybridized carbons (Fsp3) is 0.241. The monoisotopic (exact) mass is 743 g/mol. The number of nitrogens with zero attached hydrogens (tertiary/aromatic N) is 2. The molecule has 0 saturated heterocycles. The van der Waals surface area contributed by atoms with E-state index >= 15 is 4.39 Å². The van der Waals surface area contributed by atoms with E-state index in [-0.39, 0.29) is 17.2 Å². The third kappa shape index (κ3) is 7.56. The van der Waals surface area contributed by atoms with Crippen molar-refractivity contribution in [1.29, 1.82) is 5.26 Å². The maximum absolute atomic E-state index is 15.8. The molecule has 0 radical (unpaired) electrons. The number of nitriles is 1. The standard InChI is InChI=1S/C29H17BrF11N3O3/c30-20-11-16(26(32,28(36,37)38)29(39,40)41)10-19(27(33,34)35)18(20)12-22(45)17-2-1-3-21(24(17)31)44(9-8-23(43)46)25(47)15-6-4-14(13-42)5-7-15/h1-7,10-11H,8-9,12H2,(H2,43,46). The lowest BCUT2D eigenvalue weighted by atomic mass is 9.89. The van der Waals surface area contributed by atoms with E-state index in [9.17, 15) is 58.3 Å². The van der Waals surface area contributed by atoms with E-state index in [0.717, 1.165) is 18.2 Å². The number of alkyl halides is 10. The lowest BCUT2D eigenvalue weighted by Crippen LogP contribution is -2.50. The van der Waals surface area contributed by atoms with E-state index in [1.54, 1.807) is 0 Å². The number of hydrogen-bond acceptors (Lipinski definition) is 4. The molecule has 0 atom stereocenters. The van der Waals surface area contributed by atoms with E-state index in [1.807, 2.05) is 6.07 Å². The lowest BCUT2D eigenvalue weighted by molar-refractivity contribution is -0.348. The van der Waals surface area contributed by atoms with E-state index in [4.69, 9.17) is 11.0 Å². The van der Waals surface area contributed by atoms with Crippen LogP contribution in [0, 0.1) is 17.1 Å². The predicted molar refractivity (Wildman–Crippen MR) is 145 cm³/mol. The Hall–Kier alpha value is -4.53. The first kappa shape index (κ1) is 36.9. The summed E-state index contributed by atoms with van der Waals surface area (Å²) < 4.78 is 151. The average molecular weight is 744 g/mol. The fourth-order valence-electron chi connectivity index (χ4n) is 4.35. The number of nitrogens with two attached hydrogens (primary N) is 1. The van der Waals surface area contributed by atoms with Crippen molar-refractivity contribution in [1.82, 2.24) is 0 Å². The van der Waals surface area contributed by atoms with Crippen molar-refractivity contribution >= 4 is 39.2 Å². The summed E-state index contributed by atoms with van der Waals surface area (Å²) in [6.07, 6.45) is -21.2. The molecule has 0 fully saturated rings. The largest absolute Gasteiger partial charge is 0.435 e. The third-order valence-corrected chi connectivity index (χ3v) is 7.38. The van der Waals surface area contributed by atoms with Crippen LogP contribution in [0.3, 0.4) is 0 Å². The number of anilines is 1. The molecule has 0 unspecified atom stereocenters. The highest BCUT2D eigenvalue weighted by Crippen LogP contribution is 2.54. The van der Waals surface area contributed by atoms with E-state index in [2.05, 4.69) is 15.9 Å². The molecule has 0 bridgehead atoms. The summed E-state index contributed by atoms with van der Waals surface area (Å²) >= 11 is 2.40. The molecule has 0 aromatic heterocycles. The summed E-state index contributed by atoms with van der Waals surface area (Å²) in [6, 6.07) is 8.47. The summed E-state index contributed by atoms with van der Waals surface area (Å²) in [4.78, 5) is 38.5. The normalized spacial score (nSPS) is 12.4. The summed E-state index contributed by atoms with van der Waals surface area (Å²) in [6.45, 7) is -0.558. The minimum Gasteiger partial charge on any atom is -0.370 e. The lowest BCUT2D eigenvalue weighted by Gasteiger charge is -2.31. The Morgan fingerprint density at radius 2 is 1.45 bits per heavy atom. The number of amides is 2. The SMILES string of the molecule is N#Cc1ccc(C(=O)N(CCC(N)=O)c2cccc(C(=O)Cc3c(Br)cc(C(F)(C(F)(F)F)C(F)(F)F)cc3C(F)(F)F)c2F)cc1. The van der Waals surface area contributed by atoms with Crippen LogP contribution in [-0.4, -0.2) is 36.5 Å². The van der Waals surface area contributed by atoms with Gasteiger partial charge in [0.1, 0.15) is 0 Å². The molecule has 6 nitrogen and oxygen atoms in total. The zero-order valence-corrected chi connectivity index (χ0v) is 24.6. The second-order valence-corrected chi connectivity index (χ2v) is 10.6. The second kappa shape index (κ2) is 13.3. The van der Waals surface area contributed by atoms with Gasteiger partial charge in [-0.3, -0.25) is 14.4 Å². The van der Waals surface area contributed by atoms with Gasteiger partial charge >= 0.3 is 24.2 Å². The third-order valence-electron chi connectivity index (χ3n) is 6.67. The van der Waals surface area contributed by atoms with Gasteiger partial charge in [-0.25, -0.2) is 8.78 Å². The molecule has 0 heterocycles. The molecule has 47 heavy (non-hydrogen) atoms. The van der Waals surface area contributed by atoms with Gasteiger partial charge in [-0.15, -0.1) is 0 Å². The average Bonchev–Trinajstić information content (AvgIpc) is 2.96. The van der Waals surface area contributed by atoms with E-state index in [0.29, 0.717) is 4.90 Å². The van der Waals surface area contributed by atoms with Gasteiger partial charge < -0.3 is 10.6 Å². The van der Waals surface area contributed by atoms with E-state index < -0.39 is 105 Å². The predicted octanol–water partition coefficient (Wildman–Crippen LogP) is 7.72. The maximum atomic E-state index is 15.8. The molecule has 0 aliphatic rings. The molecular formula is C29H17BrF11N3O3. The minimum absolute atomic E-state index is 0.120. The summed E-state index contributed by atoms with van der Waals surface area (Å²) in [5, 5.41) is 8.97. The van der Waals surface area contributed by atoms with Crippen molar-refractivity contribution in [2.75, 3.05) is 11.4 Å². The highest BCUT2D eigenvalue weighted by molar-refractivity contribution is 9.10. The molecule has 0 aliphatic heterocycles. The van der Waals surface area contributed by atoms with Gasteiger partial charge in [-0.2, -0.15) is 44.8 Å². The summed E-state index contributed by atoms with van der Waals surface area (Å²) in [7, 11) is 0. The second-order valence-electron chi connectivity index (χ2n) is 9.74. The quantitative estimate of drug-likeness (QED) is 0.179. The Labute approximate surface area is 265 Å². The van der Waals surface area contributed by atoms with Crippen molar-refractivity contribution in [2.24, 2.45) is 5.73 Å². The molecule has 0 saturated carbocycles. The molecule has 3 aromatic rings. The summed E-state index contributed by atoms with van der Waals surface area (Å²) in [5.74, 6) is -4.87. The van der Waals surface area contributed by atoms with Crippen molar-refractivity contribution in [3.05, 3.63) is 98.3 Å². The summed E-state index contributed by atoms with van der Waals surface area (Å²) in [5.41, 5.74) is -8.66. The maximum Gasteiger partial charge on any atom is 0.435 e. The van der Waals surface area contributed by atoms with Crippen LogP contribution in [0.5, 0.6) is 0 Å². The first-order chi connectivity index (χ1) is 21.5. The van der Waals surface area contributed by atoms with Gasteiger partial charge in [0.2, 0.25) is 5.91 Å². The Kier molecular flexibility index (Phi) is 10.4. The molecular weight excluding hydrogens is 727 g/mol. The van der Waals surface area contributed by atoms with Crippen molar-refractivity contribution < 1.29 is 62.7 Å². The van der Waals surface area contributed by atoms with Crippen LogP contribution in [0.15, 0.2) is 59.1 Å². The van der Waals surface area contributed by atoms with Crippen LogP contribution in [-0.2, 0) is 23.1 Å². The topological polar surface area (TPSA) is 104 Å². The number of Topliss-reactive ketones (excluding diaryl/α,β-unsaturated/α-hetero) is 1. The number of ketones is 1. The number of halogens is 12. The first-order valence-corrected chi connectivity index (χ1v) is 13.5. The Morgan fingerprint density at radius 3 is 1.94 bits per heavy atom. The number of benzene rings is 3. The van der Waals surface area contributed by atoms with Gasteiger partial charge in [0, 0.05) is 35.0 Å². The molecule has 2 N–H and O–H groups in total. The molecule has 0 spiro atoms. The zero-order chi connectivity index (χ0) is 35.7. The Morgan fingerprint density at radius 1 is 0.872 bits per heavy atom. The van der Waals surface area contributed by atoms with Crippen LogP contribution < -0.4 is 10.6 Å². The van der Waals surface area contributed by atoms with Crippen molar-refractivity contribution in [2.45, 2.75) is 37.0 Å². The highest BCUT2D eigenvalue weighted by atomic mass is 79.9. The minimum atomic E-state index is -6.75. The van der Waals surface area contributed by atoms with Gasteiger partial charge in [-0.1, -0.05) is 22.0 Å². The molecule has 250 valence electrons. The van der Waals surface area contributed by atoms with Gasteiger partial charge in [0.25, 0.3) is 5.91 Å². The molecule has 18 heteroatoms. The van der Waals surface area contributed by atoms with Crippen LogP contribution >= 0.6 is 15.9 Å². The number of rotatable bonds is 9. The van der Waals surface area contributed by atoms with Crippen LogP contribution in [0.2, 0.25) is 0 Å². The van der Waals surface area contributed by atoms with E-state index in [1.165, 1.54) is 24.3 Å². The van der Waals surface area contributed by atoms with Crippen molar-refractivity contribution in [3.63, 3.8) is 0 Å². The number of hydrogen-bond donors (Lipinski definition) is 1.